The van der Waals surface area contributed by atoms with Crippen molar-refractivity contribution in [2.24, 2.45) is 0 Å². The number of halogens is 1. The molecule has 0 saturated heterocycles. The van der Waals surface area contributed by atoms with Gasteiger partial charge >= 0.3 is 0 Å². The first-order valence-corrected chi connectivity index (χ1v) is 4.92. The topological polar surface area (TPSA) is 47.3 Å². The molecule has 0 aliphatic rings. The zero-order chi connectivity index (χ0) is 11.5. The minimum absolute atomic E-state index is 0.136. The summed E-state index contributed by atoms with van der Waals surface area (Å²) in [6.45, 7) is 0. The molecular formula is C12H7ClO3. The molecular weight excluding hydrogens is 228 g/mol. The summed E-state index contributed by atoms with van der Waals surface area (Å²) in [5.41, 5.74) is 0.854. The molecule has 0 amide bonds. The van der Waals surface area contributed by atoms with Gasteiger partial charge in [-0.2, -0.15) is 0 Å². The Hall–Kier alpha value is -1.87. The number of furan rings is 1. The molecule has 0 aliphatic heterocycles. The predicted molar refractivity (Wildman–Crippen MR) is 59.0 cm³/mol. The number of carbonyl (C=O) groups is 2. The van der Waals surface area contributed by atoms with Crippen LogP contribution in [-0.4, -0.2) is 12.1 Å². The summed E-state index contributed by atoms with van der Waals surface area (Å²) in [5.74, 6) is -0.0640. The summed E-state index contributed by atoms with van der Waals surface area (Å²) in [6, 6.07) is 7.92. The Kier molecular flexibility index (Phi) is 2.88. The van der Waals surface area contributed by atoms with Gasteiger partial charge < -0.3 is 4.42 Å². The molecule has 1 heterocycles. The minimum Gasteiger partial charge on any atom is -0.461 e. The SMILES string of the molecule is O=Cc1cc(C(=O)c2ccc(Cl)cc2)co1. The molecule has 0 aliphatic carbocycles. The number of aldehydes is 1. The largest absolute Gasteiger partial charge is 0.461 e. The fourth-order valence-electron chi connectivity index (χ4n) is 1.30. The zero-order valence-corrected chi connectivity index (χ0v) is 8.90. The highest BCUT2D eigenvalue weighted by atomic mass is 35.5. The van der Waals surface area contributed by atoms with E-state index < -0.39 is 0 Å². The van der Waals surface area contributed by atoms with Crippen LogP contribution in [0.25, 0.3) is 0 Å². The highest BCUT2D eigenvalue weighted by Gasteiger charge is 2.12. The first kappa shape index (κ1) is 10.6. The van der Waals surface area contributed by atoms with Gasteiger partial charge in [0, 0.05) is 10.6 Å². The van der Waals surface area contributed by atoms with E-state index in [0.717, 1.165) is 0 Å². The normalized spacial score (nSPS) is 10.1. The number of hydrogen-bond acceptors (Lipinski definition) is 3. The van der Waals surface area contributed by atoms with Gasteiger partial charge in [0.1, 0.15) is 6.26 Å². The van der Waals surface area contributed by atoms with E-state index in [1.807, 2.05) is 0 Å². The second-order valence-electron chi connectivity index (χ2n) is 3.19. The minimum atomic E-state index is -0.200. The van der Waals surface area contributed by atoms with E-state index >= 15 is 0 Å². The molecule has 16 heavy (non-hydrogen) atoms. The van der Waals surface area contributed by atoms with Crippen LogP contribution in [0.4, 0.5) is 0 Å². The maximum Gasteiger partial charge on any atom is 0.196 e. The Bertz CT molecular complexity index is 525. The maximum atomic E-state index is 11.9. The van der Waals surface area contributed by atoms with Crippen LogP contribution in [-0.2, 0) is 0 Å². The second-order valence-corrected chi connectivity index (χ2v) is 3.63. The van der Waals surface area contributed by atoms with Gasteiger partial charge in [0.05, 0.1) is 5.56 Å². The average Bonchev–Trinajstić information content (AvgIpc) is 2.77. The molecule has 2 aromatic rings. The first-order chi connectivity index (χ1) is 7.70. The van der Waals surface area contributed by atoms with E-state index in [1.54, 1.807) is 24.3 Å². The maximum absolute atomic E-state index is 11.9. The van der Waals surface area contributed by atoms with Gasteiger partial charge in [0.25, 0.3) is 0 Å². The van der Waals surface area contributed by atoms with Crippen molar-refractivity contribution >= 4 is 23.7 Å². The van der Waals surface area contributed by atoms with Crippen LogP contribution in [0.3, 0.4) is 0 Å². The Balaban J connectivity index is 2.31. The van der Waals surface area contributed by atoms with Crippen LogP contribution in [0.2, 0.25) is 5.02 Å². The summed E-state index contributed by atoms with van der Waals surface area (Å²) in [5, 5.41) is 0.567. The van der Waals surface area contributed by atoms with Gasteiger partial charge in [-0.25, -0.2) is 0 Å². The highest BCUT2D eigenvalue weighted by Crippen LogP contribution is 2.15. The van der Waals surface area contributed by atoms with Crippen molar-refractivity contribution in [2.45, 2.75) is 0 Å². The molecule has 0 N–H and O–H groups in total. The van der Waals surface area contributed by atoms with Crippen LogP contribution >= 0.6 is 11.6 Å². The average molecular weight is 235 g/mol. The predicted octanol–water partition coefficient (Wildman–Crippen LogP) is 2.98. The van der Waals surface area contributed by atoms with Crippen molar-refractivity contribution in [3.05, 3.63) is 58.5 Å². The lowest BCUT2D eigenvalue weighted by atomic mass is 10.1. The summed E-state index contributed by atoms with van der Waals surface area (Å²) >= 11 is 5.71. The van der Waals surface area contributed by atoms with Gasteiger partial charge in [-0.15, -0.1) is 0 Å². The van der Waals surface area contributed by atoms with Gasteiger partial charge in [0.2, 0.25) is 0 Å². The molecule has 1 aromatic heterocycles. The van der Waals surface area contributed by atoms with Crippen molar-refractivity contribution in [2.75, 3.05) is 0 Å². The molecule has 0 radical (unpaired) electrons. The fourth-order valence-corrected chi connectivity index (χ4v) is 1.43. The number of benzene rings is 1. The number of carbonyl (C=O) groups excluding carboxylic acids is 2. The molecule has 80 valence electrons. The van der Waals surface area contributed by atoms with Gasteiger partial charge in [-0.1, -0.05) is 11.6 Å². The van der Waals surface area contributed by atoms with Crippen LogP contribution < -0.4 is 0 Å². The third-order valence-corrected chi connectivity index (χ3v) is 2.36. The van der Waals surface area contributed by atoms with E-state index in [4.69, 9.17) is 16.0 Å². The smallest absolute Gasteiger partial charge is 0.196 e. The van der Waals surface area contributed by atoms with Crippen molar-refractivity contribution in [3.63, 3.8) is 0 Å². The van der Waals surface area contributed by atoms with E-state index in [2.05, 4.69) is 0 Å². The van der Waals surface area contributed by atoms with E-state index in [9.17, 15) is 9.59 Å². The standard InChI is InChI=1S/C12H7ClO3/c13-10-3-1-8(2-4-10)12(15)9-5-11(6-14)16-7-9/h1-7H. The summed E-state index contributed by atoms with van der Waals surface area (Å²) in [4.78, 5) is 22.3. The lowest BCUT2D eigenvalue weighted by molar-refractivity contribution is 0.103. The second kappa shape index (κ2) is 4.33. The van der Waals surface area contributed by atoms with Gasteiger partial charge in [0.15, 0.2) is 17.8 Å². The number of hydrogen-bond donors (Lipinski definition) is 0. The third kappa shape index (κ3) is 2.04. The molecule has 0 bridgehead atoms. The lowest BCUT2D eigenvalue weighted by Gasteiger charge is -1.97. The van der Waals surface area contributed by atoms with Gasteiger partial charge in [-0.3, -0.25) is 9.59 Å². The van der Waals surface area contributed by atoms with Crippen LogP contribution in [0, 0.1) is 0 Å². The Morgan fingerprint density at radius 1 is 1.19 bits per heavy atom. The van der Waals surface area contributed by atoms with Crippen molar-refractivity contribution < 1.29 is 14.0 Å². The third-order valence-electron chi connectivity index (χ3n) is 2.10. The summed E-state index contributed by atoms with van der Waals surface area (Å²) in [6.07, 6.45) is 1.82. The van der Waals surface area contributed by atoms with E-state index in [0.29, 0.717) is 22.4 Å². The van der Waals surface area contributed by atoms with Crippen LogP contribution in [0.5, 0.6) is 0 Å². The molecule has 0 spiro atoms. The Morgan fingerprint density at radius 2 is 1.88 bits per heavy atom. The summed E-state index contributed by atoms with van der Waals surface area (Å²) in [7, 11) is 0. The quantitative estimate of drug-likeness (QED) is 0.606. The lowest BCUT2D eigenvalue weighted by Crippen LogP contribution is -1.98. The molecule has 0 saturated carbocycles. The number of ketones is 1. The van der Waals surface area contributed by atoms with Crippen LogP contribution in [0.1, 0.15) is 26.5 Å². The number of rotatable bonds is 3. The Morgan fingerprint density at radius 3 is 2.44 bits per heavy atom. The molecule has 3 nitrogen and oxygen atoms in total. The van der Waals surface area contributed by atoms with Crippen molar-refractivity contribution in [1.82, 2.24) is 0 Å². The molecule has 0 unspecified atom stereocenters. The Labute approximate surface area is 96.6 Å². The van der Waals surface area contributed by atoms with Gasteiger partial charge in [-0.05, 0) is 30.3 Å². The molecule has 0 atom stereocenters. The molecule has 2 rings (SSSR count). The molecule has 0 fully saturated rings. The molecule has 4 heteroatoms. The zero-order valence-electron chi connectivity index (χ0n) is 8.14. The molecule has 1 aromatic carbocycles. The highest BCUT2D eigenvalue weighted by molar-refractivity contribution is 6.30. The first-order valence-electron chi connectivity index (χ1n) is 4.54. The van der Waals surface area contributed by atoms with E-state index in [1.165, 1.54) is 12.3 Å². The van der Waals surface area contributed by atoms with Crippen molar-refractivity contribution in [1.29, 1.82) is 0 Å². The summed E-state index contributed by atoms with van der Waals surface area (Å²) < 4.78 is 4.87. The van der Waals surface area contributed by atoms with E-state index in [-0.39, 0.29) is 11.5 Å². The van der Waals surface area contributed by atoms with Crippen LogP contribution in [0.15, 0.2) is 41.0 Å². The fraction of sp³-hybridized carbons (Fsp3) is 0. The monoisotopic (exact) mass is 234 g/mol. The van der Waals surface area contributed by atoms with Crippen molar-refractivity contribution in [3.8, 4) is 0 Å².